The number of carbonyl (C=O) groups excluding carboxylic acids is 1. The third-order valence-electron chi connectivity index (χ3n) is 1.91. The van der Waals surface area contributed by atoms with E-state index in [1.165, 1.54) is 5.32 Å². The van der Waals surface area contributed by atoms with Crippen LogP contribution < -0.4 is 5.32 Å². The fourth-order valence-corrected chi connectivity index (χ4v) is 1.99. The minimum absolute atomic E-state index is 0.216. The van der Waals surface area contributed by atoms with Gasteiger partial charge in [-0.25, -0.2) is 0 Å². The summed E-state index contributed by atoms with van der Waals surface area (Å²) in [5, 5.41) is 8.40. The van der Waals surface area contributed by atoms with E-state index in [2.05, 4.69) is 10.2 Å². The molecule has 0 spiro atoms. The van der Waals surface area contributed by atoms with E-state index in [4.69, 9.17) is 0 Å². The van der Waals surface area contributed by atoms with Gasteiger partial charge in [-0.15, -0.1) is 10.2 Å². The molecular weight excluding hydrogens is 293 g/mol. The van der Waals surface area contributed by atoms with Crippen LogP contribution in [0.4, 0.5) is 27.1 Å². The van der Waals surface area contributed by atoms with Crippen molar-refractivity contribution in [1.29, 1.82) is 0 Å². The average molecular weight is 303 g/mol. The molecule has 1 aromatic rings. The zero-order valence-corrected chi connectivity index (χ0v) is 10.7. The Balaban J connectivity index is 2.75. The highest BCUT2D eigenvalue weighted by atomic mass is 32.1. The molecule has 108 valence electrons. The van der Waals surface area contributed by atoms with Crippen molar-refractivity contribution in [3.05, 3.63) is 5.01 Å². The molecule has 1 amide bonds. The molecule has 0 aliphatic carbocycles. The summed E-state index contributed by atoms with van der Waals surface area (Å²) in [6.45, 7) is 3.74. The van der Waals surface area contributed by atoms with Crippen molar-refractivity contribution in [3.63, 3.8) is 0 Å². The van der Waals surface area contributed by atoms with Gasteiger partial charge in [0.15, 0.2) is 0 Å². The van der Waals surface area contributed by atoms with Crippen LogP contribution >= 0.6 is 11.3 Å². The Kier molecular flexibility index (Phi) is 4.43. The van der Waals surface area contributed by atoms with Crippen molar-refractivity contribution < 1.29 is 26.7 Å². The maximum atomic E-state index is 12.6. The predicted molar refractivity (Wildman–Crippen MR) is 58.1 cm³/mol. The smallest absolute Gasteiger partial charge is 0.295 e. The SMILES string of the molecule is CC(C)Cc1nnc(NC(=O)C(F)(F)C(F)(F)F)s1. The lowest BCUT2D eigenvalue weighted by atomic mass is 10.1. The molecule has 10 heteroatoms. The highest BCUT2D eigenvalue weighted by Gasteiger charge is 2.63. The minimum atomic E-state index is -5.94. The monoisotopic (exact) mass is 303 g/mol. The van der Waals surface area contributed by atoms with Crippen molar-refractivity contribution in [2.45, 2.75) is 32.4 Å². The van der Waals surface area contributed by atoms with Gasteiger partial charge in [-0.3, -0.25) is 10.1 Å². The molecule has 0 saturated carbocycles. The van der Waals surface area contributed by atoms with Gasteiger partial charge in [0, 0.05) is 6.42 Å². The Morgan fingerprint density at radius 2 is 1.84 bits per heavy atom. The fraction of sp³-hybridized carbons (Fsp3) is 0.667. The Hall–Kier alpha value is -1.32. The van der Waals surface area contributed by atoms with Gasteiger partial charge < -0.3 is 0 Å². The number of hydrogen-bond donors (Lipinski definition) is 1. The van der Waals surface area contributed by atoms with Crippen LogP contribution in [-0.2, 0) is 11.2 Å². The fourth-order valence-electron chi connectivity index (χ4n) is 1.04. The van der Waals surface area contributed by atoms with E-state index in [0.717, 1.165) is 11.3 Å². The standard InChI is InChI=1S/C9H10F5N3OS/c1-4(2)3-5-16-17-7(19-5)15-6(18)8(10,11)9(12,13)14/h4H,3H2,1-2H3,(H,15,17,18). The van der Waals surface area contributed by atoms with Crippen LogP contribution in [-0.4, -0.2) is 28.2 Å². The average Bonchev–Trinajstić information content (AvgIpc) is 2.62. The van der Waals surface area contributed by atoms with Crippen LogP contribution in [0.15, 0.2) is 0 Å². The van der Waals surface area contributed by atoms with E-state index in [1.54, 1.807) is 0 Å². The van der Waals surface area contributed by atoms with Crippen molar-refractivity contribution >= 4 is 22.4 Å². The summed E-state index contributed by atoms with van der Waals surface area (Å²) in [5.74, 6) is -7.71. The molecular formula is C9H10F5N3OS. The molecule has 1 aromatic heterocycles. The van der Waals surface area contributed by atoms with Gasteiger partial charge >= 0.3 is 18.0 Å². The largest absolute Gasteiger partial charge is 0.463 e. The number of halogens is 5. The molecule has 1 rings (SSSR count). The van der Waals surface area contributed by atoms with Crippen LogP contribution in [0.25, 0.3) is 0 Å². The number of anilines is 1. The van der Waals surface area contributed by atoms with Crippen LogP contribution in [0.5, 0.6) is 0 Å². The van der Waals surface area contributed by atoms with Crippen molar-refractivity contribution in [2.75, 3.05) is 5.32 Å². The molecule has 0 aromatic carbocycles. The second-order valence-corrected chi connectivity index (χ2v) is 5.19. The second-order valence-electron chi connectivity index (χ2n) is 4.13. The second kappa shape index (κ2) is 5.35. The van der Waals surface area contributed by atoms with Crippen molar-refractivity contribution in [2.24, 2.45) is 5.92 Å². The topological polar surface area (TPSA) is 54.9 Å². The van der Waals surface area contributed by atoms with E-state index in [0.29, 0.717) is 11.4 Å². The molecule has 0 fully saturated rings. The molecule has 0 unspecified atom stereocenters. The summed E-state index contributed by atoms with van der Waals surface area (Å²) in [5.41, 5.74) is 0. The lowest BCUT2D eigenvalue weighted by Crippen LogP contribution is -2.47. The number of alkyl halides is 5. The summed E-state index contributed by atoms with van der Waals surface area (Å²) >= 11 is 0.761. The first kappa shape index (κ1) is 15.7. The third kappa shape index (κ3) is 3.82. The Bertz CT molecular complexity index is 457. The summed E-state index contributed by atoms with van der Waals surface area (Å²) in [6, 6.07) is 0. The summed E-state index contributed by atoms with van der Waals surface area (Å²) < 4.78 is 61.1. The number of carbonyl (C=O) groups is 1. The molecule has 0 atom stereocenters. The van der Waals surface area contributed by atoms with Gasteiger partial charge in [0.2, 0.25) is 5.13 Å². The van der Waals surface area contributed by atoms with Crippen LogP contribution in [0.3, 0.4) is 0 Å². The zero-order chi connectivity index (χ0) is 14.8. The zero-order valence-electron chi connectivity index (χ0n) is 9.89. The molecule has 1 N–H and O–H groups in total. The van der Waals surface area contributed by atoms with E-state index in [9.17, 15) is 26.7 Å². The van der Waals surface area contributed by atoms with Gasteiger partial charge in [-0.2, -0.15) is 22.0 Å². The number of aromatic nitrogens is 2. The number of nitrogens with one attached hydrogen (secondary N) is 1. The quantitative estimate of drug-likeness (QED) is 0.870. The first-order valence-corrected chi connectivity index (χ1v) is 5.94. The highest BCUT2D eigenvalue weighted by Crippen LogP contribution is 2.36. The predicted octanol–water partition coefficient (Wildman–Crippen LogP) is 2.87. The van der Waals surface area contributed by atoms with E-state index in [-0.39, 0.29) is 11.0 Å². The van der Waals surface area contributed by atoms with Gasteiger partial charge in [0.05, 0.1) is 0 Å². The highest BCUT2D eigenvalue weighted by molar-refractivity contribution is 7.15. The van der Waals surface area contributed by atoms with E-state index >= 15 is 0 Å². The van der Waals surface area contributed by atoms with Gasteiger partial charge in [-0.1, -0.05) is 25.2 Å². The normalized spacial score (nSPS) is 12.8. The molecule has 0 aliphatic heterocycles. The van der Waals surface area contributed by atoms with Crippen LogP contribution in [0.2, 0.25) is 0 Å². The number of hydrogen-bond acceptors (Lipinski definition) is 4. The number of amides is 1. The van der Waals surface area contributed by atoms with Gasteiger partial charge in [0.25, 0.3) is 0 Å². The summed E-state index contributed by atoms with van der Waals surface area (Å²) in [6.07, 6.45) is -5.45. The molecule has 4 nitrogen and oxygen atoms in total. The van der Waals surface area contributed by atoms with Crippen molar-refractivity contribution in [1.82, 2.24) is 10.2 Å². The third-order valence-corrected chi connectivity index (χ3v) is 2.77. The Labute approximate surface area is 109 Å². The van der Waals surface area contributed by atoms with Crippen LogP contribution in [0, 0.1) is 5.92 Å². The maximum absolute atomic E-state index is 12.6. The molecule has 19 heavy (non-hydrogen) atoms. The number of nitrogens with zero attached hydrogens (tertiary/aromatic N) is 2. The van der Waals surface area contributed by atoms with E-state index in [1.807, 2.05) is 13.8 Å². The molecule has 0 aliphatic rings. The van der Waals surface area contributed by atoms with E-state index < -0.39 is 18.0 Å². The first-order chi connectivity index (χ1) is 8.54. The van der Waals surface area contributed by atoms with Gasteiger partial charge in [0.1, 0.15) is 5.01 Å². The first-order valence-electron chi connectivity index (χ1n) is 5.12. The molecule has 0 bridgehead atoms. The lowest BCUT2D eigenvalue weighted by molar-refractivity contribution is -0.267. The van der Waals surface area contributed by atoms with Crippen molar-refractivity contribution in [3.8, 4) is 0 Å². The Morgan fingerprint density at radius 3 is 2.32 bits per heavy atom. The summed E-state index contributed by atoms with van der Waals surface area (Å²) in [7, 11) is 0. The molecule has 1 heterocycles. The van der Waals surface area contributed by atoms with Crippen LogP contribution in [0.1, 0.15) is 18.9 Å². The minimum Gasteiger partial charge on any atom is -0.295 e. The number of rotatable bonds is 4. The molecule has 0 radical (unpaired) electrons. The lowest BCUT2D eigenvalue weighted by Gasteiger charge is -2.17. The van der Waals surface area contributed by atoms with Gasteiger partial charge in [-0.05, 0) is 5.92 Å². The maximum Gasteiger partial charge on any atom is 0.463 e. The molecule has 0 saturated heterocycles. The summed E-state index contributed by atoms with van der Waals surface area (Å²) in [4.78, 5) is 10.9. The Morgan fingerprint density at radius 1 is 1.26 bits per heavy atom.